The highest BCUT2D eigenvalue weighted by Crippen LogP contribution is 2.25. The Kier molecular flexibility index (Phi) is 5.63. The maximum absolute atomic E-state index is 12.0. The fourth-order valence-electron chi connectivity index (χ4n) is 2.29. The molecule has 2 aromatic rings. The molecule has 0 aliphatic carbocycles. The van der Waals surface area contributed by atoms with Crippen LogP contribution in [0.2, 0.25) is 0 Å². The molecule has 2 N–H and O–H groups in total. The number of anilines is 2. The van der Waals surface area contributed by atoms with Gasteiger partial charge in [-0.2, -0.15) is 0 Å². The second-order valence-corrected chi connectivity index (χ2v) is 5.97. The minimum Gasteiger partial charge on any atom is -0.444 e. The minimum atomic E-state index is -0.444. The number of nitrogens with one attached hydrogen (secondary N) is 2. The zero-order valence-corrected chi connectivity index (χ0v) is 14.1. The third-order valence-electron chi connectivity index (χ3n) is 3.47. The number of carbonyl (C=O) groups excluding carboxylic acids is 1. The van der Waals surface area contributed by atoms with Gasteiger partial charge in [0.05, 0.1) is 0 Å². The summed E-state index contributed by atoms with van der Waals surface area (Å²) in [5.74, 6) is 0. The van der Waals surface area contributed by atoms with Crippen LogP contribution in [0.4, 0.5) is 16.2 Å². The predicted molar refractivity (Wildman–Crippen MR) is 94.9 cm³/mol. The maximum Gasteiger partial charge on any atom is 0.411 e. The van der Waals surface area contributed by atoms with Crippen molar-refractivity contribution in [1.29, 1.82) is 0 Å². The van der Waals surface area contributed by atoms with E-state index in [9.17, 15) is 4.79 Å². The van der Waals surface area contributed by atoms with Gasteiger partial charge in [0.15, 0.2) is 0 Å². The Bertz CT molecular complexity index is 667. The number of carbonyl (C=O) groups is 1. The molecular formula is C19H24N2O2. The van der Waals surface area contributed by atoms with Crippen LogP contribution in [0.5, 0.6) is 0 Å². The van der Waals surface area contributed by atoms with Crippen molar-refractivity contribution in [2.24, 2.45) is 0 Å². The summed E-state index contributed by atoms with van der Waals surface area (Å²) in [6, 6.07) is 14.0. The van der Waals surface area contributed by atoms with Gasteiger partial charge in [-0.05, 0) is 56.5 Å². The first-order chi connectivity index (χ1) is 11.0. The highest BCUT2D eigenvalue weighted by molar-refractivity contribution is 5.86. The van der Waals surface area contributed by atoms with Crippen molar-refractivity contribution in [2.75, 3.05) is 10.6 Å². The van der Waals surface area contributed by atoms with E-state index < -0.39 is 6.09 Å². The van der Waals surface area contributed by atoms with Gasteiger partial charge in [0.1, 0.15) is 6.61 Å². The van der Waals surface area contributed by atoms with E-state index in [2.05, 4.69) is 24.5 Å². The first-order valence-corrected chi connectivity index (χ1v) is 7.81. The van der Waals surface area contributed by atoms with Crippen LogP contribution in [-0.2, 0) is 11.3 Å². The monoisotopic (exact) mass is 312 g/mol. The molecule has 0 atom stereocenters. The molecule has 0 bridgehead atoms. The molecule has 0 aliphatic rings. The molecule has 4 heteroatoms. The number of hydrogen-bond acceptors (Lipinski definition) is 3. The molecule has 0 heterocycles. The van der Waals surface area contributed by atoms with E-state index in [1.54, 1.807) is 0 Å². The van der Waals surface area contributed by atoms with Crippen LogP contribution in [0.15, 0.2) is 42.5 Å². The molecule has 2 rings (SSSR count). The summed E-state index contributed by atoms with van der Waals surface area (Å²) in [4.78, 5) is 12.0. The van der Waals surface area contributed by atoms with Gasteiger partial charge in [-0.25, -0.2) is 4.79 Å². The molecule has 0 saturated carbocycles. The number of hydrogen-bond donors (Lipinski definition) is 2. The molecule has 4 nitrogen and oxygen atoms in total. The van der Waals surface area contributed by atoms with Crippen molar-refractivity contribution < 1.29 is 9.53 Å². The van der Waals surface area contributed by atoms with Gasteiger partial charge in [-0.1, -0.05) is 30.3 Å². The van der Waals surface area contributed by atoms with Crippen molar-refractivity contribution >= 4 is 17.5 Å². The Hall–Kier alpha value is -2.49. The van der Waals surface area contributed by atoms with Gasteiger partial charge in [0.2, 0.25) is 0 Å². The standard InChI is InChI=1S/C19H24N2O2/c1-13(2)20-17-10-15(4)18(11-14(17)3)21-19(22)23-12-16-8-6-5-7-9-16/h5-11,13,20H,12H2,1-4H3,(H,21,22). The number of benzene rings is 2. The molecule has 0 saturated heterocycles. The highest BCUT2D eigenvalue weighted by atomic mass is 16.5. The van der Waals surface area contributed by atoms with Crippen molar-refractivity contribution in [3.05, 3.63) is 59.2 Å². The third-order valence-corrected chi connectivity index (χ3v) is 3.47. The summed E-state index contributed by atoms with van der Waals surface area (Å²) < 4.78 is 5.26. The Morgan fingerprint density at radius 2 is 1.65 bits per heavy atom. The number of aryl methyl sites for hydroxylation is 2. The molecule has 0 fully saturated rings. The lowest BCUT2D eigenvalue weighted by Gasteiger charge is -2.16. The molecule has 0 unspecified atom stereocenters. The molecule has 23 heavy (non-hydrogen) atoms. The van der Waals surface area contributed by atoms with Gasteiger partial charge in [-0.3, -0.25) is 5.32 Å². The van der Waals surface area contributed by atoms with Crippen LogP contribution in [0.3, 0.4) is 0 Å². The van der Waals surface area contributed by atoms with Gasteiger partial charge in [0, 0.05) is 17.4 Å². The van der Waals surface area contributed by atoms with E-state index in [-0.39, 0.29) is 6.61 Å². The van der Waals surface area contributed by atoms with E-state index in [4.69, 9.17) is 4.74 Å². The van der Waals surface area contributed by atoms with E-state index in [1.807, 2.05) is 56.3 Å². The second-order valence-electron chi connectivity index (χ2n) is 5.97. The lowest BCUT2D eigenvalue weighted by Crippen LogP contribution is -2.15. The van der Waals surface area contributed by atoms with Gasteiger partial charge in [0.25, 0.3) is 0 Å². The Labute approximate surface area is 137 Å². The molecular weight excluding hydrogens is 288 g/mol. The normalized spacial score (nSPS) is 10.5. The average molecular weight is 312 g/mol. The van der Waals surface area contributed by atoms with E-state index in [1.165, 1.54) is 0 Å². The zero-order chi connectivity index (χ0) is 16.8. The average Bonchev–Trinajstić information content (AvgIpc) is 2.51. The fraction of sp³-hybridized carbons (Fsp3) is 0.316. The first-order valence-electron chi connectivity index (χ1n) is 7.81. The number of rotatable bonds is 5. The van der Waals surface area contributed by atoms with Crippen LogP contribution in [0, 0.1) is 13.8 Å². The van der Waals surface area contributed by atoms with E-state index in [0.29, 0.717) is 6.04 Å². The molecule has 0 aliphatic heterocycles. The lowest BCUT2D eigenvalue weighted by atomic mass is 10.1. The van der Waals surface area contributed by atoms with Crippen molar-refractivity contribution in [1.82, 2.24) is 0 Å². The highest BCUT2D eigenvalue weighted by Gasteiger charge is 2.09. The zero-order valence-electron chi connectivity index (χ0n) is 14.1. The molecule has 1 amide bonds. The predicted octanol–water partition coefficient (Wildman–Crippen LogP) is 4.87. The van der Waals surface area contributed by atoms with Crippen LogP contribution >= 0.6 is 0 Å². The maximum atomic E-state index is 12.0. The van der Waals surface area contributed by atoms with E-state index >= 15 is 0 Å². The Morgan fingerprint density at radius 3 is 2.30 bits per heavy atom. The van der Waals surface area contributed by atoms with Crippen LogP contribution < -0.4 is 10.6 Å². The van der Waals surface area contributed by atoms with Gasteiger partial charge < -0.3 is 10.1 Å². The summed E-state index contributed by atoms with van der Waals surface area (Å²) in [5, 5.41) is 6.21. The number of amides is 1. The van der Waals surface area contributed by atoms with Crippen LogP contribution in [-0.4, -0.2) is 12.1 Å². The topological polar surface area (TPSA) is 50.4 Å². The molecule has 0 aromatic heterocycles. The van der Waals surface area contributed by atoms with Crippen LogP contribution in [0.1, 0.15) is 30.5 Å². The minimum absolute atomic E-state index is 0.262. The van der Waals surface area contributed by atoms with Crippen molar-refractivity contribution in [3.63, 3.8) is 0 Å². The molecule has 0 spiro atoms. The summed E-state index contributed by atoms with van der Waals surface area (Å²) >= 11 is 0. The largest absolute Gasteiger partial charge is 0.444 e. The summed E-state index contributed by atoms with van der Waals surface area (Å²) in [5.41, 5.74) is 4.90. The molecule has 122 valence electrons. The molecule has 0 radical (unpaired) electrons. The quantitative estimate of drug-likeness (QED) is 0.828. The van der Waals surface area contributed by atoms with Gasteiger partial charge in [-0.15, -0.1) is 0 Å². The summed E-state index contributed by atoms with van der Waals surface area (Å²) in [6.07, 6.45) is -0.444. The Balaban J connectivity index is 1.99. The second kappa shape index (κ2) is 7.68. The summed E-state index contributed by atoms with van der Waals surface area (Å²) in [7, 11) is 0. The smallest absolute Gasteiger partial charge is 0.411 e. The SMILES string of the molecule is Cc1cc(NC(C)C)c(C)cc1NC(=O)OCc1ccccc1. The summed E-state index contributed by atoms with van der Waals surface area (Å²) in [6.45, 7) is 8.45. The number of ether oxygens (including phenoxy) is 1. The Morgan fingerprint density at radius 1 is 1.04 bits per heavy atom. The van der Waals surface area contributed by atoms with Crippen LogP contribution in [0.25, 0.3) is 0 Å². The van der Waals surface area contributed by atoms with E-state index in [0.717, 1.165) is 28.1 Å². The van der Waals surface area contributed by atoms with Crippen molar-refractivity contribution in [3.8, 4) is 0 Å². The fourth-order valence-corrected chi connectivity index (χ4v) is 2.29. The van der Waals surface area contributed by atoms with Crippen molar-refractivity contribution in [2.45, 2.75) is 40.3 Å². The lowest BCUT2D eigenvalue weighted by molar-refractivity contribution is 0.155. The first kappa shape index (κ1) is 16.9. The third kappa shape index (κ3) is 5.02. The van der Waals surface area contributed by atoms with Gasteiger partial charge >= 0.3 is 6.09 Å². The molecule has 2 aromatic carbocycles.